The van der Waals surface area contributed by atoms with Crippen molar-refractivity contribution >= 4 is 19.3 Å². The fourth-order valence-corrected chi connectivity index (χ4v) is 3.44. The molecule has 0 aromatic carbocycles. The van der Waals surface area contributed by atoms with Gasteiger partial charge in [-0.3, -0.25) is 14.2 Å². The van der Waals surface area contributed by atoms with Crippen LogP contribution in [0.15, 0.2) is 0 Å². The summed E-state index contributed by atoms with van der Waals surface area (Å²) < 4.78 is 22.1. The lowest BCUT2D eigenvalue weighted by molar-refractivity contribution is -0.140. The van der Waals surface area contributed by atoms with E-state index in [9.17, 15) is 14.2 Å². The summed E-state index contributed by atoms with van der Waals surface area (Å²) in [6.07, 6.45) is 1.31. The van der Waals surface area contributed by atoms with Crippen LogP contribution in [0.3, 0.4) is 0 Å². The minimum absolute atomic E-state index is 0.0407. The van der Waals surface area contributed by atoms with Gasteiger partial charge in [-0.25, -0.2) is 0 Å². The van der Waals surface area contributed by atoms with Gasteiger partial charge < -0.3 is 14.2 Å². The summed E-state index contributed by atoms with van der Waals surface area (Å²) in [7, 11) is -3.90. The van der Waals surface area contributed by atoms with Gasteiger partial charge in [-0.05, 0) is 26.7 Å². The van der Waals surface area contributed by atoms with Crippen molar-refractivity contribution in [3.05, 3.63) is 0 Å². The zero-order valence-electron chi connectivity index (χ0n) is 9.92. The Hall–Kier alpha value is -0.710. The third kappa shape index (κ3) is 3.37. The molecule has 1 aliphatic rings. The first-order chi connectivity index (χ1) is 7.96. The lowest BCUT2D eigenvalue weighted by Gasteiger charge is -2.22. The molecule has 7 heteroatoms. The van der Waals surface area contributed by atoms with Crippen LogP contribution >= 0.6 is 7.60 Å². The smallest absolute Gasteiger partial charge is 0.352 e. The Morgan fingerprint density at radius 1 is 1.29 bits per heavy atom. The Bertz CT molecular complexity index is 339. The highest BCUT2D eigenvalue weighted by molar-refractivity contribution is 7.57. The van der Waals surface area contributed by atoms with E-state index in [0.29, 0.717) is 12.8 Å². The van der Waals surface area contributed by atoms with Crippen LogP contribution < -0.4 is 0 Å². The van der Waals surface area contributed by atoms with Crippen molar-refractivity contribution in [1.82, 2.24) is 0 Å². The van der Waals surface area contributed by atoms with Crippen molar-refractivity contribution in [3.8, 4) is 0 Å². The van der Waals surface area contributed by atoms with Crippen molar-refractivity contribution in [2.24, 2.45) is 5.92 Å². The molecule has 1 N–H and O–H groups in total. The third-order valence-electron chi connectivity index (χ3n) is 2.42. The van der Waals surface area contributed by atoms with E-state index >= 15 is 0 Å². The average Bonchev–Trinajstić information content (AvgIpc) is 3.00. The van der Waals surface area contributed by atoms with Gasteiger partial charge in [-0.2, -0.15) is 0 Å². The number of hydrogen-bond acceptors (Lipinski definition) is 5. The second kappa shape index (κ2) is 5.76. The highest BCUT2D eigenvalue weighted by Gasteiger charge is 2.50. The molecule has 1 saturated carbocycles. The van der Waals surface area contributed by atoms with Crippen molar-refractivity contribution in [2.45, 2.75) is 32.3 Å². The number of carbonyl (C=O) groups excluding carboxylic acids is 1. The molecular formula is C10H17O6P. The number of hydrogen-bond donors (Lipinski definition) is 1. The molecule has 1 atom stereocenters. The molecule has 1 unspecified atom stereocenters. The first-order valence-electron chi connectivity index (χ1n) is 5.61. The molecule has 1 rings (SSSR count). The molecule has 0 heterocycles. The summed E-state index contributed by atoms with van der Waals surface area (Å²) in [5.74, 6) is -2.28. The molecule has 0 bridgehead atoms. The number of rotatable bonds is 8. The molecule has 0 spiro atoms. The van der Waals surface area contributed by atoms with E-state index in [1.165, 1.54) is 0 Å². The van der Waals surface area contributed by atoms with Gasteiger partial charge in [0.15, 0.2) is 5.78 Å². The number of carboxylic acid groups (broad SMARTS) is 1. The molecule has 0 radical (unpaired) electrons. The maximum absolute atomic E-state index is 12.3. The summed E-state index contributed by atoms with van der Waals surface area (Å²) in [5, 5.41) is 9.06. The van der Waals surface area contributed by atoms with E-state index in [-0.39, 0.29) is 19.1 Å². The van der Waals surface area contributed by atoms with Gasteiger partial charge in [0.25, 0.3) is 0 Å². The highest BCUT2D eigenvalue weighted by atomic mass is 31.2. The fourth-order valence-electron chi connectivity index (χ4n) is 1.55. The predicted octanol–water partition coefficient (Wildman–Crippen LogP) is 1.68. The number of ketones is 1. The zero-order valence-corrected chi connectivity index (χ0v) is 10.8. The Morgan fingerprint density at radius 2 is 1.76 bits per heavy atom. The summed E-state index contributed by atoms with van der Waals surface area (Å²) in [6, 6.07) is 0. The quantitative estimate of drug-likeness (QED) is 0.530. The number of carbonyl (C=O) groups is 2. The summed E-state index contributed by atoms with van der Waals surface area (Å²) in [4.78, 5) is 22.9. The van der Waals surface area contributed by atoms with E-state index in [1.54, 1.807) is 13.8 Å². The second-order valence-corrected chi connectivity index (χ2v) is 5.91. The molecular weight excluding hydrogens is 247 g/mol. The topological polar surface area (TPSA) is 89.9 Å². The Labute approximate surface area is 99.8 Å². The van der Waals surface area contributed by atoms with Gasteiger partial charge in [0.1, 0.15) is 0 Å². The standard InChI is InChI=1S/C10H17O6P/c1-3-15-17(14,16-4-2)9(10(12)13)8(11)7-5-6-7/h7,9H,3-6H2,1-2H3,(H,12,13). The Morgan fingerprint density at radius 3 is 2.06 bits per heavy atom. The van der Waals surface area contributed by atoms with Crippen LogP contribution in [-0.4, -0.2) is 35.7 Å². The van der Waals surface area contributed by atoms with Crippen LogP contribution in [0.2, 0.25) is 0 Å². The lowest BCUT2D eigenvalue weighted by Crippen LogP contribution is -2.32. The molecule has 0 saturated heterocycles. The largest absolute Gasteiger partial charge is 0.480 e. The maximum atomic E-state index is 12.3. The van der Waals surface area contributed by atoms with E-state index < -0.39 is 25.0 Å². The summed E-state index contributed by atoms with van der Waals surface area (Å²) in [6.45, 7) is 3.23. The highest BCUT2D eigenvalue weighted by Crippen LogP contribution is 2.55. The lowest BCUT2D eigenvalue weighted by atomic mass is 10.2. The molecule has 1 fully saturated rings. The third-order valence-corrected chi connectivity index (χ3v) is 4.76. The Kier molecular flexibility index (Phi) is 4.86. The van der Waals surface area contributed by atoms with Crippen molar-refractivity contribution in [1.29, 1.82) is 0 Å². The molecule has 98 valence electrons. The van der Waals surface area contributed by atoms with Crippen molar-refractivity contribution in [3.63, 3.8) is 0 Å². The number of carboxylic acids is 1. The summed E-state index contributed by atoms with van der Waals surface area (Å²) in [5.41, 5.74) is -1.69. The summed E-state index contributed by atoms with van der Waals surface area (Å²) >= 11 is 0. The first-order valence-corrected chi connectivity index (χ1v) is 7.22. The van der Waals surface area contributed by atoms with Crippen LogP contribution in [0.1, 0.15) is 26.7 Å². The minimum atomic E-state index is -3.90. The zero-order chi connectivity index (χ0) is 13.1. The van der Waals surface area contributed by atoms with Crippen LogP contribution in [0.5, 0.6) is 0 Å². The van der Waals surface area contributed by atoms with E-state index in [4.69, 9.17) is 14.2 Å². The number of Topliss-reactive ketones (excluding diaryl/α,β-unsaturated/α-hetero) is 1. The first kappa shape index (κ1) is 14.4. The van der Waals surface area contributed by atoms with Gasteiger partial charge in [0.05, 0.1) is 13.2 Å². The van der Waals surface area contributed by atoms with Gasteiger partial charge in [0, 0.05) is 5.92 Å². The van der Waals surface area contributed by atoms with Crippen LogP contribution in [0.25, 0.3) is 0 Å². The van der Waals surface area contributed by atoms with E-state index in [2.05, 4.69) is 0 Å². The normalized spacial score (nSPS) is 17.8. The second-order valence-electron chi connectivity index (χ2n) is 3.79. The van der Waals surface area contributed by atoms with Gasteiger partial charge in [-0.15, -0.1) is 0 Å². The predicted molar refractivity (Wildman–Crippen MR) is 60.0 cm³/mol. The van der Waals surface area contributed by atoms with Gasteiger partial charge in [-0.1, -0.05) is 0 Å². The van der Waals surface area contributed by atoms with Gasteiger partial charge >= 0.3 is 13.6 Å². The molecule has 1 aliphatic carbocycles. The maximum Gasteiger partial charge on any atom is 0.352 e. The van der Waals surface area contributed by atoms with Gasteiger partial charge in [0.2, 0.25) is 5.66 Å². The van der Waals surface area contributed by atoms with Crippen LogP contribution in [0.4, 0.5) is 0 Å². The van der Waals surface area contributed by atoms with E-state index in [1.807, 2.05) is 0 Å². The van der Waals surface area contributed by atoms with Crippen LogP contribution in [0, 0.1) is 5.92 Å². The molecule has 6 nitrogen and oxygen atoms in total. The minimum Gasteiger partial charge on any atom is -0.480 e. The number of aliphatic carboxylic acids is 1. The Balaban J connectivity index is 2.95. The fraction of sp³-hybridized carbons (Fsp3) is 0.800. The van der Waals surface area contributed by atoms with Crippen molar-refractivity contribution in [2.75, 3.05) is 13.2 Å². The van der Waals surface area contributed by atoms with Crippen molar-refractivity contribution < 1.29 is 28.3 Å². The molecule has 0 aromatic rings. The molecule has 0 aromatic heterocycles. The monoisotopic (exact) mass is 264 g/mol. The molecule has 17 heavy (non-hydrogen) atoms. The SMILES string of the molecule is CCOP(=O)(OCC)C(C(=O)O)C(=O)C1CC1. The molecule has 0 aliphatic heterocycles. The van der Waals surface area contributed by atoms with Crippen LogP contribution in [-0.2, 0) is 23.2 Å². The van der Waals surface area contributed by atoms with E-state index in [0.717, 1.165) is 0 Å². The average molecular weight is 264 g/mol. The molecule has 0 amide bonds.